The molecule has 7 heteroatoms. The summed E-state index contributed by atoms with van der Waals surface area (Å²) in [6.45, 7) is 2.77. The first-order chi connectivity index (χ1) is 10.7. The van der Waals surface area contributed by atoms with Crippen molar-refractivity contribution in [2.45, 2.75) is 30.8 Å². The summed E-state index contributed by atoms with van der Waals surface area (Å²) < 4.78 is 1.77. The molecule has 1 aliphatic rings. The van der Waals surface area contributed by atoms with Gasteiger partial charge < -0.3 is 10.6 Å². The normalized spacial score (nSPS) is 16.9. The summed E-state index contributed by atoms with van der Waals surface area (Å²) in [4.78, 5) is 13.4. The molecule has 22 heavy (non-hydrogen) atoms. The monoisotopic (exact) mass is 336 g/mol. The van der Waals surface area contributed by atoms with Crippen molar-refractivity contribution in [3.05, 3.63) is 41.2 Å². The van der Waals surface area contributed by atoms with Gasteiger partial charge in [-0.05, 0) is 37.1 Å². The van der Waals surface area contributed by atoms with Crippen LogP contribution in [-0.2, 0) is 6.54 Å². The van der Waals surface area contributed by atoms with Gasteiger partial charge in [-0.2, -0.15) is 5.10 Å². The maximum Gasteiger partial charge on any atom is 0.319 e. The van der Waals surface area contributed by atoms with Crippen molar-refractivity contribution in [2.24, 2.45) is 0 Å². The SMILES string of the molecule is CCn1cc(NC(=O)N[C@@H]2CCSc3ccc(Cl)cc32)cn1. The zero-order valence-corrected chi connectivity index (χ0v) is 13.7. The number of halogens is 1. The van der Waals surface area contributed by atoms with Crippen molar-refractivity contribution in [3.8, 4) is 0 Å². The van der Waals surface area contributed by atoms with Crippen molar-refractivity contribution in [1.29, 1.82) is 0 Å². The van der Waals surface area contributed by atoms with Gasteiger partial charge in [0.15, 0.2) is 0 Å². The van der Waals surface area contributed by atoms with E-state index in [9.17, 15) is 4.79 Å². The third-order valence-corrected chi connectivity index (χ3v) is 4.89. The van der Waals surface area contributed by atoms with Gasteiger partial charge in [0.2, 0.25) is 0 Å². The smallest absolute Gasteiger partial charge is 0.319 e. The fraction of sp³-hybridized carbons (Fsp3) is 0.333. The van der Waals surface area contributed by atoms with Crippen LogP contribution in [0.15, 0.2) is 35.5 Å². The van der Waals surface area contributed by atoms with E-state index in [1.807, 2.05) is 25.1 Å². The molecule has 2 heterocycles. The van der Waals surface area contributed by atoms with Crippen molar-refractivity contribution < 1.29 is 4.79 Å². The van der Waals surface area contributed by atoms with E-state index < -0.39 is 0 Å². The highest BCUT2D eigenvalue weighted by Gasteiger charge is 2.22. The fourth-order valence-corrected chi connectivity index (χ4v) is 3.73. The molecule has 2 N–H and O–H groups in total. The zero-order chi connectivity index (χ0) is 15.5. The Morgan fingerprint density at radius 2 is 2.41 bits per heavy atom. The number of benzene rings is 1. The molecule has 0 saturated heterocycles. The first kappa shape index (κ1) is 15.2. The Labute approximate surface area is 138 Å². The first-order valence-corrected chi connectivity index (χ1v) is 8.54. The quantitative estimate of drug-likeness (QED) is 0.893. The summed E-state index contributed by atoms with van der Waals surface area (Å²) in [7, 11) is 0. The minimum Gasteiger partial charge on any atom is -0.331 e. The molecule has 1 aromatic carbocycles. The number of thioether (sulfide) groups is 1. The fourth-order valence-electron chi connectivity index (χ4n) is 2.44. The summed E-state index contributed by atoms with van der Waals surface area (Å²) in [5.41, 5.74) is 1.78. The van der Waals surface area contributed by atoms with Gasteiger partial charge in [0.25, 0.3) is 0 Å². The Morgan fingerprint density at radius 1 is 1.55 bits per heavy atom. The van der Waals surface area contributed by atoms with Gasteiger partial charge in [-0.3, -0.25) is 4.68 Å². The number of rotatable bonds is 3. The number of amides is 2. The second-order valence-electron chi connectivity index (χ2n) is 5.06. The second-order valence-corrected chi connectivity index (χ2v) is 6.63. The molecule has 0 aliphatic carbocycles. The molecule has 2 amide bonds. The van der Waals surface area contributed by atoms with E-state index in [0.717, 1.165) is 24.3 Å². The molecule has 0 bridgehead atoms. The lowest BCUT2D eigenvalue weighted by atomic mass is 10.0. The largest absolute Gasteiger partial charge is 0.331 e. The number of nitrogens with zero attached hydrogens (tertiary/aromatic N) is 2. The van der Waals surface area contributed by atoms with Crippen LogP contribution in [-0.4, -0.2) is 21.6 Å². The standard InChI is InChI=1S/C15H17ClN4OS/c1-2-20-9-11(8-17-20)18-15(21)19-13-5-6-22-14-4-3-10(16)7-12(13)14/h3-4,7-9,13H,2,5-6H2,1H3,(H2,18,19,21)/t13-/m1/s1. The van der Waals surface area contributed by atoms with E-state index in [2.05, 4.69) is 15.7 Å². The predicted molar refractivity (Wildman–Crippen MR) is 89.6 cm³/mol. The Kier molecular flexibility index (Phi) is 4.59. The van der Waals surface area contributed by atoms with Gasteiger partial charge >= 0.3 is 6.03 Å². The van der Waals surface area contributed by atoms with Crippen molar-refractivity contribution in [3.63, 3.8) is 0 Å². The molecule has 0 spiro atoms. The van der Waals surface area contributed by atoms with E-state index >= 15 is 0 Å². The van der Waals surface area contributed by atoms with Crippen LogP contribution in [0.4, 0.5) is 10.5 Å². The molecule has 0 radical (unpaired) electrons. The zero-order valence-electron chi connectivity index (χ0n) is 12.2. The molecule has 0 saturated carbocycles. The lowest BCUT2D eigenvalue weighted by molar-refractivity contribution is 0.248. The molecule has 0 unspecified atom stereocenters. The number of aryl methyl sites for hydroxylation is 1. The number of urea groups is 1. The maximum absolute atomic E-state index is 12.2. The molecule has 1 aromatic heterocycles. The summed E-state index contributed by atoms with van der Waals surface area (Å²) in [6, 6.07) is 5.59. The number of nitrogens with one attached hydrogen (secondary N) is 2. The van der Waals surface area contributed by atoms with Crippen molar-refractivity contribution >= 4 is 35.1 Å². The Hall–Kier alpha value is -1.66. The van der Waals surface area contributed by atoms with Crippen LogP contribution >= 0.6 is 23.4 Å². The number of hydrogen-bond donors (Lipinski definition) is 2. The lowest BCUT2D eigenvalue weighted by Crippen LogP contribution is -2.34. The van der Waals surface area contributed by atoms with Crippen molar-refractivity contribution in [1.82, 2.24) is 15.1 Å². The minimum atomic E-state index is -0.224. The number of hydrogen-bond acceptors (Lipinski definition) is 3. The number of carbonyl (C=O) groups excluding carboxylic acids is 1. The highest BCUT2D eigenvalue weighted by Crippen LogP contribution is 2.37. The first-order valence-electron chi connectivity index (χ1n) is 7.18. The molecule has 1 aliphatic heterocycles. The molecular weight excluding hydrogens is 320 g/mol. The molecule has 1 atom stereocenters. The van der Waals surface area contributed by atoms with E-state index in [-0.39, 0.29) is 12.1 Å². The van der Waals surface area contributed by atoms with E-state index in [1.54, 1.807) is 28.8 Å². The molecule has 3 rings (SSSR count). The number of anilines is 1. The van der Waals surface area contributed by atoms with Crippen LogP contribution in [0.5, 0.6) is 0 Å². The number of fused-ring (bicyclic) bond motifs is 1. The number of carbonyl (C=O) groups is 1. The van der Waals surface area contributed by atoms with E-state index in [1.165, 1.54) is 4.90 Å². The predicted octanol–water partition coefficient (Wildman–Crippen LogP) is 3.92. The maximum atomic E-state index is 12.2. The third-order valence-electron chi connectivity index (χ3n) is 3.53. The topological polar surface area (TPSA) is 59.0 Å². The van der Waals surface area contributed by atoms with Gasteiger partial charge in [0, 0.05) is 28.4 Å². The van der Waals surface area contributed by atoms with Crippen LogP contribution < -0.4 is 10.6 Å². The molecular formula is C15H17ClN4OS. The minimum absolute atomic E-state index is 0.0174. The highest BCUT2D eigenvalue weighted by molar-refractivity contribution is 7.99. The Balaban J connectivity index is 1.68. The number of aromatic nitrogens is 2. The van der Waals surface area contributed by atoms with E-state index in [0.29, 0.717) is 10.7 Å². The van der Waals surface area contributed by atoms with Crippen LogP contribution in [0.3, 0.4) is 0 Å². The molecule has 2 aromatic rings. The summed E-state index contributed by atoms with van der Waals surface area (Å²) >= 11 is 7.87. The van der Waals surface area contributed by atoms with Gasteiger partial charge in [0.1, 0.15) is 0 Å². The van der Waals surface area contributed by atoms with Crippen LogP contribution in [0.25, 0.3) is 0 Å². The van der Waals surface area contributed by atoms with Gasteiger partial charge in [-0.25, -0.2) is 4.79 Å². The van der Waals surface area contributed by atoms with E-state index in [4.69, 9.17) is 11.6 Å². The van der Waals surface area contributed by atoms with Crippen LogP contribution in [0.2, 0.25) is 5.02 Å². The van der Waals surface area contributed by atoms with Gasteiger partial charge in [-0.15, -0.1) is 11.8 Å². The lowest BCUT2D eigenvalue weighted by Gasteiger charge is -2.26. The Morgan fingerprint density at radius 3 is 3.18 bits per heavy atom. The molecule has 5 nitrogen and oxygen atoms in total. The summed E-state index contributed by atoms with van der Waals surface area (Å²) in [5, 5.41) is 10.7. The second kappa shape index (κ2) is 6.62. The molecule has 116 valence electrons. The van der Waals surface area contributed by atoms with Gasteiger partial charge in [-0.1, -0.05) is 11.6 Å². The highest BCUT2D eigenvalue weighted by atomic mass is 35.5. The van der Waals surface area contributed by atoms with Crippen molar-refractivity contribution in [2.75, 3.05) is 11.1 Å². The summed E-state index contributed by atoms with van der Waals surface area (Å²) in [6.07, 6.45) is 4.34. The van der Waals surface area contributed by atoms with Crippen LogP contribution in [0.1, 0.15) is 24.9 Å². The molecule has 0 fully saturated rings. The Bertz CT molecular complexity index is 688. The third kappa shape index (κ3) is 3.39. The van der Waals surface area contributed by atoms with Crippen LogP contribution in [0, 0.1) is 0 Å². The average molecular weight is 337 g/mol. The summed E-state index contributed by atoms with van der Waals surface area (Å²) in [5.74, 6) is 0.980. The average Bonchev–Trinajstić information content (AvgIpc) is 2.95. The van der Waals surface area contributed by atoms with Gasteiger partial charge in [0.05, 0.1) is 17.9 Å².